The van der Waals surface area contributed by atoms with Crippen LogP contribution >= 0.6 is 23.2 Å². The van der Waals surface area contributed by atoms with Gasteiger partial charge in [0.05, 0.1) is 16.1 Å². The molecule has 4 heteroatoms. The van der Waals surface area contributed by atoms with Crippen molar-refractivity contribution < 1.29 is 5.11 Å². The maximum Gasteiger partial charge on any atom is 0.0888 e. The molecular weight excluding hydrogens is 293 g/mol. The SMILES string of the molecule is OC(c1cccc(Cl)c1Cl)C1CCCc2cccnc21. The number of benzene rings is 1. The molecule has 0 amide bonds. The van der Waals surface area contributed by atoms with E-state index in [2.05, 4.69) is 11.1 Å². The third-order valence-electron chi connectivity index (χ3n) is 3.92. The number of hydrogen-bond acceptors (Lipinski definition) is 2. The molecule has 0 saturated carbocycles. The summed E-state index contributed by atoms with van der Waals surface area (Å²) in [5.74, 6) is -0.0177. The summed E-state index contributed by atoms with van der Waals surface area (Å²) >= 11 is 12.3. The molecule has 3 rings (SSSR count). The van der Waals surface area contributed by atoms with Gasteiger partial charge in [-0.15, -0.1) is 0 Å². The number of rotatable bonds is 2. The first kappa shape index (κ1) is 13.9. The highest BCUT2D eigenvalue weighted by molar-refractivity contribution is 6.42. The van der Waals surface area contributed by atoms with Crippen molar-refractivity contribution in [2.75, 3.05) is 0 Å². The second-order valence-electron chi connectivity index (χ2n) is 5.13. The molecule has 0 radical (unpaired) electrons. The van der Waals surface area contributed by atoms with Crippen LogP contribution in [0.3, 0.4) is 0 Å². The number of nitrogens with zero attached hydrogens (tertiary/aromatic N) is 1. The standard InChI is InChI=1S/C16H15Cl2NO/c17-13-8-2-6-11(14(13)18)16(20)12-7-1-4-10-5-3-9-19-15(10)12/h2-3,5-6,8-9,12,16,20H,1,4,7H2. The van der Waals surface area contributed by atoms with Gasteiger partial charge in [-0.2, -0.15) is 0 Å². The summed E-state index contributed by atoms with van der Waals surface area (Å²) in [6, 6.07) is 9.40. The van der Waals surface area contributed by atoms with Crippen molar-refractivity contribution in [3.63, 3.8) is 0 Å². The van der Waals surface area contributed by atoms with Crippen LogP contribution in [0, 0.1) is 0 Å². The van der Waals surface area contributed by atoms with Gasteiger partial charge in [-0.25, -0.2) is 0 Å². The average molecular weight is 308 g/mol. The predicted molar refractivity (Wildman–Crippen MR) is 81.3 cm³/mol. The van der Waals surface area contributed by atoms with Crippen LogP contribution in [-0.2, 0) is 6.42 Å². The maximum atomic E-state index is 10.7. The van der Waals surface area contributed by atoms with Crippen molar-refractivity contribution in [2.45, 2.75) is 31.3 Å². The van der Waals surface area contributed by atoms with E-state index in [9.17, 15) is 5.11 Å². The Bertz CT molecular complexity index is 630. The Balaban J connectivity index is 2.00. The fraction of sp³-hybridized carbons (Fsp3) is 0.312. The van der Waals surface area contributed by atoms with Crippen LogP contribution in [0.1, 0.15) is 41.7 Å². The molecule has 1 N–H and O–H groups in total. The van der Waals surface area contributed by atoms with E-state index in [1.165, 1.54) is 5.56 Å². The number of hydrogen-bond donors (Lipinski definition) is 1. The Morgan fingerprint density at radius 2 is 2.05 bits per heavy atom. The average Bonchev–Trinajstić information content (AvgIpc) is 2.49. The fourth-order valence-corrected chi connectivity index (χ4v) is 3.34. The maximum absolute atomic E-state index is 10.7. The minimum absolute atomic E-state index is 0.0177. The minimum atomic E-state index is -0.671. The quantitative estimate of drug-likeness (QED) is 0.883. The highest BCUT2D eigenvalue weighted by Gasteiger charge is 2.30. The number of pyridine rings is 1. The van der Waals surface area contributed by atoms with Gasteiger partial charge in [0, 0.05) is 23.4 Å². The molecule has 1 aromatic carbocycles. The second kappa shape index (κ2) is 5.72. The Morgan fingerprint density at radius 1 is 1.20 bits per heavy atom. The van der Waals surface area contributed by atoms with Gasteiger partial charge in [0.15, 0.2) is 0 Å². The third kappa shape index (κ3) is 2.44. The van der Waals surface area contributed by atoms with Crippen LogP contribution in [0.15, 0.2) is 36.5 Å². The van der Waals surface area contributed by atoms with Crippen molar-refractivity contribution in [2.24, 2.45) is 0 Å². The van der Waals surface area contributed by atoms with Gasteiger partial charge in [-0.1, -0.05) is 41.4 Å². The molecule has 2 aromatic rings. The van der Waals surface area contributed by atoms with Crippen LogP contribution < -0.4 is 0 Å². The lowest BCUT2D eigenvalue weighted by Crippen LogP contribution is -2.18. The van der Waals surface area contributed by atoms with Crippen molar-refractivity contribution in [3.8, 4) is 0 Å². The number of aliphatic hydroxyl groups excluding tert-OH is 1. The molecule has 0 bridgehead atoms. The molecule has 2 unspecified atom stereocenters. The highest BCUT2D eigenvalue weighted by atomic mass is 35.5. The molecule has 2 atom stereocenters. The summed E-state index contributed by atoms with van der Waals surface area (Å²) in [5, 5.41) is 11.6. The van der Waals surface area contributed by atoms with Crippen molar-refractivity contribution in [1.82, 2.24) is 4.98 Å². The molecule has 1 aliphatic rings. The van der Waals surface area contributed by atoms with E-state index in [1.807, 2.05) is 18.2 Å². The number of halogens is 2. The molecule has 1 aliphatic carbocycles. The van der Waals surface area contributed by atoms with E-state index in [1.54, 1.807) is 12.3 Å². The summed E-state index contributed by atoms with van der Waals surface area (Å²) in [4.78, 5) is 4.46. The van der Waals surface area contributed by atoms with Gasteiger partial charge in [0.1, 0.15) is 0 Å². The van der Waals surface area contributed by atoms with Gasteiger partial charge >= 0.3 is 0 Å². The molecule has 104 valence electrons. The van der Waals surface area contributed by atoms with Gasteiger partial charge in [0.2, 0.25) is 0 Å². The van der Waals surface area contributed by atoms with Crippen molar-refractivity contribution in [1.29, 1.82) is 0 Å². The topological polar surface area (TPSA) is 33.1 Å². The first-order valence-corrected chi connectivity index (χ1v) is 7.50. The van der Waals surface area contributed by atoms with E-state index in [4.69, 9.17) is 23.2 Å². The third-order valence-corrected chi connectivity index (χ3v) is 4.75. The monoisotopic (exact) mass is 307 g/mol. The Kier molecular flexibility index (Phi) is 3.97. The summed E-state index contributed by atoms with van der Waals surface area (Å²) in [7, 11) is 0. The Hall–Kier alpha value is -1.09. The van der Waals surface area contributed by atoms with E-state index in [-0.39, 0.29) is 5.92 Å². The van der Waals surface area contributed by atoms with E-state index < -0.39 is 6.10 Å². The fourth-order valence-electron chi connectivity index (χ4n) is 2.92. The van der Waals surface area contributed by atoms with E-state index in [0.717, 1.165) is 25.0 Å². The molecule has 2 nitrogen and oxygen atoms in total. The zero-order valence-electron chi connectivity index (χ0n) is 10.9. The molecule has 0 aliphatic heterocycles. The predicted octanol–water partition coefficient (Wildman–Crippen LogP) is 4.54. The highest BCUT2D eigenvalue weighted by Crippen LogP contribution is 2.42. The molecule has 1 aromatic heterocycles. The number of aryl methyl sites for hydroxylation is 1. The molecule has 1 heterocycles. The zero-order chi connectivity index (χ0) is 14.1. The summed E-state index contributed by atoms with van der Waals surface area (Å²) in [6.45, 7) is 0. The molecule has 0 spiro atoms. The summed E-state index contributed by atoms with van der Waals surface area (Å²) in [6.07, 6.45) is 4.10. The molecule has 0 fully saturated rings. The Labute approximate surface area is 128 Å². The normalized spacial score (nSPS) is 19.4. The lowest BCUT2D eigenvalue weighted by atomic mass is 9.81. The molecule has 20 heavy (non-hydrogen) atoms. The van der Waals surface area contributed by atoms with Crippen LogP contribution in [0.25, 0.3) is 0 Å². The van der Waals surface area contributed by atoms with Crippen LogP contribution in [0.2, 0.25) is 10.0 Å². The van der Waals surface area contributed by atoms with Gasteiger partial charge in [-0.05, 0) is 37.0 Å². The minimum Gasteiger partial charge on any atom is -0.388 e. The van der Waals surface area contributed by atoms with Crippen LogP contribution in [-0.4, -0.2) is 10.1 Å². The van der Waals surface area contributed by atoms with Gasteiger partial charge in [-0.3, -0.25) is 4.98 Å². The lowest BCUT2D eigenvalue weighted by Gasteiger charge is -2.29. The first-order chi connectivity index (χ1) is 9.68. The van der Waals surface area contributed by atoms with E-state index >= 15 is 0 Å². The van der Waals surface area contributed by atoms with Crippen molar-refractivity contribution in [3.05, 3.63) is 63.4 Å². The van der Waals surface area contributed by atoms with Gasteiger partial charge < -0.3 is 5.11 Å². The second-order valence-corrected chi connectivity index (χ2v) is 5.92. The van der Waals surface area contributed by atoms with Crippen LogP contribution in [0.4, 0.5) is 0 Å². The lowest BCUT2D eigenvalue weighted by molar-refractivity contribution is 0.134. The first-order valence-electron chi connectivity index (χ1n) is 6.74. The Morgan fingerprint density at radius 3 is 2.90 bits per heavy atom. The van der Waals surface area contributed by atoms with E-state index in [0.29, 0.717) is 15.6 Å². The largest absolute Gasteiger partial charge is 0.388 e. The zero-order valence-corrected chi connectivity index (χ0v) is 12.4. The number of fused-ring (bicyclic) bond motifs is 1. The molecular formula is C16H15Cl2NO. The molecule has 0 saturated heterocycles. The van der Waals surface area contributed by atoms with Crippen LogP contribution in [0.5, 0.6) is 0 Å². The summed E-state index contributed by atoms with van der Waals surface area (Å²) < 4.78 is 0. The smallest absolute Gasteiger partial charge is 0.0888 e. The number of aromatic nitrogens is 1. The number of aliphatic hydroxyl groups is 1. The van der Waals surface area contributed by atoms with Gasteiger partial charge in [0.25, 0.3) is 0 Å². The summed E-state index contributed by atoms with van der Waals surface area (Å²) in [5.41, 5.74) is 2.89. The van der Waals surface area contributed by atoms with Crippen molar-refractivity contribution >= 4 is 23.2 Å².